The molecule has 17 heavy (non-hydrogen) atoms. The van der Waals surface area contributed by atoms with Crippen LogP contribution in [0.2, 0.25) is 0 Å². The smallest absolute Gasteiger partial charge is 0.226 e. The van der Waals surface area contributed by atoms with Crippen molar-refractivity contribution in [2.24, 2.45) is 5.92 Å². The van der Waals surface area contributed by atoms with Gasteiger partial charge in [0.15, 0.2) is 0 Å². The summed E-state index contributed by atoms with van der Waals surface area (Å²) in [5.41, 5.74) is 3.54. The Bertz CT molecular complexity index is 426. The minimum atomic E-state index is 0.0219. The number of rotatable bonds is 2. The number of nitrogens with one attached hydrogen (secondary N) is 1. The molecule has 3 nitrogen and oxygen atoms in total. The molecule has 3 heteroatoms. The van der Waals surface area contributed by atoms with Crippen LogP contribution >= 0.6 is 0 Å². The quantitative estimate of drug-likeness (QED) is 0.850. The van der Waals surface area contributed by atoms with Gasteiger partial charge in [-0.05, 0) is 36.6 Å². The van der Waals surface area contributed by atoms with E-state index >= 15 is 0 Å². The molecule has 0 aliphatic carbocycles. The first-order valence-electron chi connectivity index (χ1n) is 6.23. The molecular weight excluding hydrogens is 212 g/mol. The van der Waals surface area contributed by atoms with Gasteiger partial charge in [-0.3, -0.25) is 4.79 Å². The molecular formula is C14H20N2O. The normalized spacial score (nSPS) is 14.7. The summed E-state index contributed by atoms with van der Waals surface area (Å²) in [6, 6.07) is 6.19. The third-order valence-corrected chi connectivity index (χ3v) is 3.22. The summed E-state index contributed by atoms with van der Waals surface area (Å²) in [6.45, 7) is 4.92. The number of aryl methyl sites for hydroxylation is 1. The second kappa shape index (κ2) is 4.78. The summed E-state index contributed by atoms with van der Waals surface area (Å²) < 4.78 is 0. The van der Waals surface area contributed by atoms with Crippen molar-refractivity contribution in [3.05, 3.63) is 23.8 Å². The Hall–Kier alpha value is -1.51. The molecule has 0 atom stereocenters. The summed E-state index contributed by atoms with van der Waals surface area (Å²) >= 11 is 0. The SMILES string of the molecule is CC(C)C(=O)Nc1ccc2c(c1)CCCN2C. The highest BCUT2D eigenvalue weighted by atomic mass is 16.1. The molecule has 0 spiro atoms. The fourth-order valence-corrected chi connectivity index (χ4v) is 2.15. The lowest BCUT2D eigenvalue weighted by molar-refractivity contribution is -0.118. The van der Waals surface area contributed by atoms with E-state index in [-0.39, 0.29) is 11.8 Å². The zero-order valence-electron chi connectivity index (χ0n) is 10.8. The van der Waals surface area contributed by atoms with E-state index in [0.717, 1.165) is 18.7 Å². The van der Waals surface area contributed by atoms with E-state index in [2.05, 4.69) is 29.4 Å². The van der Waals surface area contributed by atoms with Gasteiger partial charge in [-0.25, -0.2) is 0 Å². The van der Waals surface area contributed by atoms with Gasteiger partial charge in [-0.15, -0.1) is 0 Å². The zero-order chi connectivity index (χ0) is 12.4. The van der Waals surface area contributed by atoms with E-state index in [4.69, 9.17) is 0 Å². The lowest BCUT2D eigenvalue weighted by Gasteiger charge is -2.27. The van der Waals surface area contributed by atoms with Gasteiger partial charge < -0.3 is 10.2 Å². The summed E-state index contributed by atoms with van der Waals surface area (Å²) in [6.07, 6.45) is 2.29. The number of carbonyl (C=O) groups is 1. The van der Waals surface area contributed by atoms with E-state index in [1.54, 1.807) is 0 Å². The van der Waals surface area contributed by atoms with Gasteiger partial charge in [0.1, 0.15) is 0 Å². The molecule has 1 aromatic rings. The minimum absolute atomic E-state index is 0.0219. The van der Waals surface area contributed by atoms with Crippen molar-refractivity contribution in [3.8, 4) is 0 Å². The molecule has 1 aliphatic rings. The first-order valence-corrected chi connectivity index (χ1v) is 6.23. The van der Waals surface area contributed by atoms with Crippen LogP contribution in [-0.4, -0.2) is 19.5 Å². The van der Waals surface area contributed by atoms with Crippen molar-refractivity contribution in [1.82, 2.24) is 0 Å². The minimum Gasteiger partial charge on any atom is -0.374 e. The van der Waals surface area contributed by atoms with Crippen LogP contribution in [0.3, 0.4) is 0 Å². The number of carbonyl (C=O) groups excluding carboxylic acids is 1. The second-order valence-corrected chi connectivity index (χ2v) is 5.01. The molecule has 1 heterocycles. The zero-order valence-corrected chi connectivity index (χ0v) is 10.8. The first kappa shape index (κ1) is 12.0. The molecule has 0 radical (unpaired) electrons. The molecule has 1 aromatic carbocycles. The maximum absolute atomic E-state index is 11.6. The maximum atomic E-state index is 11.6. The van der Waals surface area contributed by atoms with Gasteiger partial charge in [0.05, 0.1) is 0 Å². The molecule has 1 amide bonds. The number of anilines is 2. The van der Waals surface area contributed by atoms with Crippen LogP contribution < -0.4 is 10.2 Å². The van der Waals surface area contributed by atoms with Crippen LogP contribution in [0.5, 0.6) is 0 Å². The molecule has 0 saturated carbocycles. The van der Waals surface area contributed by atoms with E-state index < -0.39 is 0 Å². The highest BCUT2D eigenvalue weighted by molar-refractivity contribution is 5.92. The lowest BCUT2D eigenvalue weighted by atomic mass is 10.0. The van der Waals surface area contributed by atoms with Crippen LogP contribution in [-0.2, 0) is 11.2 Å². The van der Waals surface area contributed by atoms with Gasteiger partial charge in [-0.2, -0.15) is 0 Å². The summed E-state index contributed by atoms with van der Waals surface area (Å²) in [4.78, 5) is 13.9. The fraction of sp³-hybridized carbons (Fsp3) is 0.500. The number of hydrogen-bond donors (Lipinski definition) is 1. The molecule has 0 unspecified atom stereocenters. The van der Waals surface area contributed by atoms with Crippen molar-refractivity contribution in [1.29, 1.82) is 0 Å². The number of nitrogens with zero attached hydrogens (tertiary/aromatic N) is 1. The Kier molecular flexibility index (Phi) is 3.36. The van der Waals surface area contributed by atoms with Crippen LogP contribution in [0.1, 0.15) is 25.8 Å². The average Bonchev–Trinajstić information content (AvgIpc) is 2.29. The van der Waals surface area contributed by atoms with Crippen molar-refractivity contribution in [2.45, 2.75) is 26.7 Å². The molecule has 0 bridgehead atoms. The van der Waals surface area contributed by atoms with Crippen molar-refractivity contribution in [3.63, 3.8) is 0 Å². The van der Waals surface area contributed by atoms with Crippen LogP contribution in [0.15, 0.2) is 18.2 Å². The Balaban J connectivity index is 2.19. The molecule has 1 aliphatic heterocycles. The highest BCUT2D eigenvalue weighted by Crippen LogP contribution is 2.28. The van der Waals surface area contributed by atoms with Gasteiger partial charge in [0.25, 0.3) is 0 Å². The van der Waals surface area contributed by atoms with Crippen molar-refractivity contribution >= 4 is 17.3 Å². The lowest BCUT2D eigenvalue weighted by Crippen LogP contribution is -2.25. The molecule has 0 saturated heterocycles. The standard InChI is InChI=1S/C14H20N2O/c1-10(2)14(17)15-12-6-7-13-11(9-12)5-4-8-16(13)3/h6-7,9-10H,4-5,8H2,1-3H3,(H,15,17). The van der Waals surface area contributed by atoms with Crippen LogP contribution in [0, 0.1) is 5.92 Å². The second-order valence-electron chi connectivity index (χ2n) is 5.01. The van der Waals surface area contributed by atoms with Gasteiger partial charge in [0, 0.05) is 30.9 Å². The van der Waals surface area contributed by atoms with Crippen LogP contribution in [0.25, 0.3) is 0 Å². The Labute approximate surface area is 103 Å². The highest BCUT2D eigenvalue weighted by Gasteiger charge is 2.14. The summed E-state index contributed by atoms with van der Waals surface area (Å²) in [5, 5.41) is 2.95. The molecule has 92 valence electrons. The Morgan fingerprint density at radius 3 is 2.88 bits per heavy atom. The Morgan fingerprint density at radius 1 is 1.41 bits per heavy atom. The third kappa shape index (κ3) is 2.60. The number of hydrogen-bond acceptors (Lipinski definition) is 2. The third-order valence-electron chi connectivity index (χ3n) is 3.22. The van der Waals surface area contributed by atoms with E-state index in [1.807, 2.05) is 19.9 Å². The number of fused-ring (bicyclic) bond motifs is 1. The Morgan fingerprint density at radius 2 is 2.18 bits per heavy atom. The fourth-order valence-electron chi connectivity index (χ4n) is 2.15. The summed E-state index contributed by atoms with van der Waals surface area (Å²) in [7, 11) is 2.12. The molecule has 0 aromatic heterocycles. The van der Waals surface area contributed by atoms with Crippen molar-refractivity contribution in [2.75, 3.05) is 23.8 Å². The van der Waals surface area contributed by atoms with E-state index in [0.29, 0.717) is 0 Å². The largest absolute Gasteiger partial charge is 0.374 e. The van der Waals surface area contributed by atoms with Gasteiger partial charge in [0.2, 0.25) is 5.91 Å². The predicted molar refractivity (Wildman–Crippen MR) is 71.5 cm³/mol. The average molecular weight is 232 g/mol. The van der Waals surface area contributed by atoms with Crippen LogP contribution in [0.4, 0.5) is 11.4 Å². The van der Waals surface area contributed by atoms with Gasteiger partial charge >= 0.3 is 0 Å². The van der Waals surface area contributed by atoms with E-state index in [9.17, 15) is 4.79 Å². The molecule has 1 N–H and O–H groups in total. The molecule has 2 rings (SSSR count). The van der Waals surface area contributed by atoms with Crippen molar-refractivity contribution < 1.29 is 4.79 Å². The monoisotopic (exact) mass is 232 g/mol. The number of amides is 1. The molecule has 0 fully saturated rings. The van der Waals surface area contributed by atoms with E-state index in [1.165, 1.54) is 17.7 Å². The maximum Gasteiger partial charge on any atom is 0.226 e. The van der Waals surface area contributed by atoms with Gasteiger partial charge in [-0.1, -0.05) is 13.8 Å². The predicted octanol–water partition coefficient (Wildman–Crippen LogP) is 2.66. The first-order chi connectivity index (χ1) is 8.08. The summed E-state index contributed by atoms with van der Waals surface area (Å²) in [5.74, 6) is 0.0998. The topological polar surface area (TPSA) is 32.3 Å². The number of benzene rings is 1.